The van der Waals surface area contributed by atoms with E-state index in [1.54, 1.807) is 18.2 Å². The number of benzene rings is 2. The van der Waals surface area contributed by atoms with E-state index in [0.717, 1.165) is 33.1 Å². The molecule has 0 bridgehead atoms. The number of imide groups is 1. The van der Waals surface area contributed by atoms with Crippen LogP contribution in [-0.4, -0.2) is 40.7 Å². The first kappa shape index (κ1) is 22.3. The molecule has 0 atom stereocenters. The summed E-state index contributed by atoms with van der Waals surface area (Å²) >= 11 is 0. The van der Waals surface area contributed by atoms with Crippen LogP contribution in [0, 0.1) is 20.8 Å². The maximum Gasteiger partial charge on any atom is 0.329 e. The average Bonchev–Trinajstić information content (AvgIpc) is 3.48. The van der Waals surface area contributed by atoms with Gasteiger partial charge in [-0.2, -0.15) is 0 Å². The fourth-order valence-corrected chi connectivity index (χ4v) is 4.21. The van der Waals surface area contributed by atoms with Crippen LogP contribution in [0.3, 0.4) is 0 Å². The minimum atomic E-state index is -0.634. The van der Waals surface area contributed by atoms with Gasteiger partial charge in [0, 0.05) is 28.8 Å². The molecule has 0 saturated carbocycles. The number of urea groups is 1. The van der Waals surface area contributed by atoms with E-state index in [1.165, 1.54) is 0 Å². The molecule has 5 rings (SSSR count). The zero-order valence-corrected chi connectivity index (χ0v) is 19.5. The van der Waals surface area contributed by atoms with E-state index in [9.17, 15) is 14.4 Å². The van der Waals surface area contributed by atoms with Crippen LogP contribution in [0.1, 0.15) is 22.5 Å². The molecule has 0 spiro atoms. The van der Waals surface area contributed by atoms with Crippen molar-refractivity contribution in [1.29, 1.82) is 0 Å². The molecule has 9 heteroatoms. The molecule has 178 valence electrons. The van der Waals surface area contributed by atoms with Gasteiger partial charge in [-0.1, -0.05) is 17.7 Å². The smallest absolute Gasteiger partial charge is 0.329 e. The summed E-state index contributed by atoms with van der Waals surface area (Å²) in [7, 11) is 0. The fraction of sp³-hybridized carbons (Fsp3) is 0.192. The third-order valence-corrected chi connectivity index (χ3v) is 5.98. The van der Waals surface area contributed by atoms with E-state index >= 15 is 0 Å². The zero-order valence-electron chi connectivity index (χ0n) is 19.5. The number of carbonyl (C=O) groups excluding carboxylic acids is 3. The maximum absolute atomic E-state index is 12.9. The second-order valence-corrected chi connectivity index (χ2v) is 8.49. The molecule has 0 radical (unpaired) electrons. The summed E-state index contributed by atoms with van der Waals surface area (Å²) in [6.45, 7) is 5.64. The van der Waals surface area contributed by atoms with Crippen LogP contribution >= 0.6 is 0 Å². The molecule has 1 fully saturated rings. The molecule has 3 heterocycles. The number of fused-ring (bicyclic) bond motifs is 1. The first-order valence-corrected chi connectivity index (χ1v) is 11.1. The average molecular weight is 473 g/mol. The third-order valence-electron chi connectivity index (χ3n) is 5.98. The minimum absolute atomic E-state index is 0.115. The lowest BCUT2D eigenvalue weighted by atomic mass is 10.2. The van der Waals surface area contributed by atoms with E-state index in [4.69, 9.17) is 9.47 Å². The van der Waals surface area contributed by atoms with Gasteiger partial charge in [0.1, 0.15) is 12.2 Å². The number of carbonyl (C=O) groups is 3. The van der Waals surface area contributed by atoms with Crippen LogP contribution in [0.4, 0.5) is 10.5 Å². The van der Waals surface area contributed by atoms with Crippen LogP contribution in [0.25, 0.3) is 11.8 Å². The van der Waals surface area contributed by atoms with Crippen molar-refractivity contribution in [2.75, 3.05) is 18.7 Å². The van der Waals surface area contributed by atoms with Crippen molar-refractivity contribution in [3.63, 3.8) is 0 Å². The number of anilines is 1. The molecule has 2 aliphatic heterocycles. The SMILES string of the molecule is Cc1ccc(NC(=O)CN2C(=O)N/C(=C/c3cc(C)n(-c4ccc5c(c4)OCO5)c3C)C2=O)cc1. The van der Waals surface area contributed by atoms with Crippen LogP contribution in [0.2, 0.25) is 0 Å². The third kappa shape index (κ3) is 4.23. The maximum atomic E-state index is 12.9. The predicted molar refractivity (Wildman–Crippen MR) is 129 cm³/mol. The number of nitrogens with one attached hydrogen (secondary N) is 2. The highest BCUT2D eigenvalue weighted by atomic mass is 16.7. The van der Waals surface area contributed by atoms with Gasteiger partial charge in [-0.3, -0.25) is 9.59 Å². The number of ether oxygens (including phenoxy) is 2. The predicted octanol–water partition coefficient (Wildman–Crippen LogP) is 3.66. The molecule has 2 aromatic carbocycles. The summed E-state index contributed by atoms with van der Waals surface area (Å²) in [6, 6.07) is 14.2. The Hall–Kier alpha value is -4.53. The van der Waals surface area contributed by atoms with Crippen molar-refractivity contribution in [1.82, 2.24) is 14.8 Å². The Bertz CT molecular complexity index is 1390. The largest absolute Gasteiger partial charge is 0.454 e. The Morgan fingerprint density at radius 3 is 2.54 bits per heavy atom. The normalized spacial score (nSPS) is 15.6. The first-order chi connectivity index (χ1) is 16.8. The Morgan fingerprint density at radius 2 is 1.77 bits per heavy atom. The fourth-order valence-electron chi connectivity index (χ4n) is 4.21. The van der Waals surface area contributed by atoms with Gasteiger partial charge in [0.25, 0.3) is 5.91 Å². The lowest BCUT2D eigenvalue weighted by Gasteiger charge is -2.12. The highest BCUT2D eigenvalue weighted by molar-refractivity contribution is 6.16. The van der Waals surface area contributed by atoms with Gasteiger partial charge in [0.2, 0.25) is 12.7 Å². The van der Waals surface area contributed by atoms with Gasteiger partial charge >= 0.3 is 6.03 Å². The van der Waals surface area contributed by atoms with Gasteiger partial charge < -0.3 is 24.7 Å². The second-order valence-electron chi connectivity index (χ2n) is 8.49. The van der Waals surface area contributed by atoms with Crippen molar-refractivity contribution < 1.29 is 23.9 Å². The van der Waals surface area contributed by atoms with E-state index in [-0.39, 0.29) is 19.0 Å². The molecule has 3 aromatic rings. The number of aryl methyl sites for hydroxylation is 2. The first-order valence-electron chi connectivity index (χ1n) is 11.1. The number of amides is 4. The monoisotopic (exact) mass is 472 g/mol. The Kier molecular flexibility index (Phi) is 5.52. The van der Waals surface area contributed by atoms with E-state index < -0.39 is 17.8 Å². The molecule has 2 aliphatic rings. The highest BCUT2D eigenvalue weighted by Crippen LogP contribution is 2.35. The molecule has 9 nitrogen and oxygen atoms in total. The van der Waals surface area contributed by atoms with Crippen LogP contribution in [0.5, 0.6) is 11.5 Å². The molecular weight excluding hydrogens is 448 g/mol. The lowest BCUT2D eigenvalue weighted by Crippen LogP contribution is -2.38. The summed E-state index contributed by atoms with van der Waals surface area (Å²) in [4.78, 5) is 38.7. The van der Waals surface area contributed by atoms with Gasteiger partial charge in [-0.25, -0.2) is 9.69 Å². The molecule has 2 N–H and O–H groups in total. The molecule has 0 aliphatic carbocycles. The van der Waals surface area contributed by atoms with E-state index in [1.807, 2.05) is 61.7 Å². The summed E-state index contributed by atoms with van der Waals surface area (Å²) in [5.41, 5.74) is 5.26. The van der Waals surface area contributed by atoms with Crippen LogP contribution in [-0.2, 0) is 9.59 Å². The van der Waals surface area contributed by atoms with Gasteiger partial charge in [0.05, 0.1) is 0 Å². The quantitative estimate of drug-likeness (QED) is 0.436. The van der Waals surface area contributed by atoms with Crippen molar-refractivity contribution in [2.24, 2.45) is 0 Å². The van der Waals surface area contributed by atoms with Gasteiger partial charge in [-0.15, -0.1) is 0 Å². The van der Waals surface area contributed by atoms with Crippen molar-refractivity contribution >= 4 is 29.6 Å². The summed E-state index contributed by atoms with van der Waals surface area (Å²) in [6.07, 6.45) is 1.63. The number of rotatable bonds is 5. The minimum Gasteiger partial charge on any atom is -0.454 e. The van der Waals surface area contributed by atoms with Crippen molar-refractivity contribution in [3.8, 4) is 17.2 Å². The van der Waals surface area contributed by atoms with Crippen molar-refractivity contribution in [2.45, 2.75) is 20.8 Å². The van der Waals surface area contributed by atoms with Gasteiger partial charge in [0.15, 0.2) is 11.5 Å². The van der Waals surface area contributed by atoms with Gasteiger partial charge in [-0.05, 0) is 62.7 Å². The van der Waals surface area contributed by atoms with Crippen LogP contribution in [0.15, 0.2) is 54.2 Å². The van der Waals surface area contributed by atoms with E-state index in [0.29, 0.717) is 17.2 Å². The highest BCUT2D eigenvalue weighted by Gasteiger charge is 2.35. The summed E-state index contributed by atoms with van der Waals surface area (Å²) in [5, 5.41) is 5.28. The standard InChI is InChI=1S/C26H24N4O5/c1-15-4-6-19(7-5-15)27-24(31)13-29-25(32)21(28-26(29)33)11-18-10-16(2)30(17(18)3)20-8-9-22-23(12-20)35-14-34-22/h4-12H,13-14H2,1-3H3,(H,27,31)(H,28,33)/b21-11+. The lowest BCUT2D eigenvalue weighted by molar-refractivity contribution is -0.127. The Morgan fingerprint density at radius 1 is 1.03 bits per heavy atom. The molecule has 1 saturated heterocycles. The Labute approximate surface area is 201 Å². The number of aromatic nitrogens is 1. The van der Waals surface area contributed by atoms with Crippen molar-refractivity contribution in [3.05, 3.63) is 76.7 Å². The van der Waals surface area contributed by atoms with Crippen LogP contribution < -0.4 is 20.1 Å². The summed E-state index contributed by atoms with van der Waals surface area (Å²) < 4.78 is 12.9. The molecule has 4 amide bonds. The zero-order chi connectivity index (χ0) is 24.7. The second kappa shape index (κ2) is 8.68. The molecule has 35 heavy (non-hydrogen) atoms. The topological polar surface area (TPSA) is 102 Å². The molecular formula is C26H24N4O5. The van der Waals surface area contributed by atoms with E-state index in [2.05, 4.69) is 10.6 Å². The Balaban J connectivity index is 1.34. The number of hydrogen-bond donors (Lipinski definition) is 2. The molecule has 1 aromatic heterocycles. The molecule has 0 unspecified atom stereocenters. The number of nitrogens with zero attached hydrogens (tertiary/aromatic N) is 2. The number of hydrogen-bond acceptors (Lipinski definition) is 5. The summed E-state index contributed by atoms with van der Waals surface area (Å²) in [5.74, 6) is 0.360.